The molecule has 1 saturated carbocycles. The average Bonchev–Trinajstić information content (AvgIpc) is 2.86. The fraction of sp³-hybridized carbons (Fsp3) is 0.444. The fourth-order valence-electron chi connectivity index (χ4n) is 3.65. The van der Waals surface area contributed by atoms with Crippen molar-refractivity contribution < 1.29 is 9.53 Å². The van der Waals surface area contributed by atoms with E-state index in [2.05, 4.69) is 29.1 Å². The average molecular weight is 348 g/mol. The molecular weight excluding hydrogens is 326 g/mol. The number of hydrogen-bond acceptors (Lipinski definition) is 3. The van der Waals surface area contributed by atoms with Gasteiger partial charge in [0.2, 0.25) is 11.9 Å². The van der Waals surface area contributed by atoms with E-state index in [0.29, 0.717) is 16.9 Å². The molecule has 1 aliphatic carbocycles. The molecule has 6 heteroatoms. The zero-order valence-electron chi connectivity index (χ0n) is 14.5. The number of aryl methyl sites for hydroxylation is 1. The van der Waals surface area contributed by atoms with Crippen LogP contribution in [0.1, 0.15) is 49.6 Å². The van der Waals surface area contributed by atoms with Crippen LogP contribution in [-0.2, 0) is 4.79 Å². The van der Waals surface area contributed by atoms with Gasteiger partial charge in [0.1, 0.15) is 5.75 Å². The van der Waals surface area contributed by atoms with Crippen LogP contribution < -0.4 is 10.1 Å². The first-order chi connectivity index (χ1) is 11.2. The molecule has 1 aromatic carbocycles. The Labute approximate surface area is 146 Å². The molecule has 128 valence electrons. The van der Waals surface area contributed by atoms with Crippen molar-refractivity contribution in [2.24, 2.45) is 5.41 Å². The van der Waals surface area contributed by atoms with E-state index in [1.54, 1.807) is 7.11 Å². The van der Waals surface area contributed by atoms with Crippen molar-refractivity contribution in [2.75, 3.05) is 12.4 Å². The van der Waals surface area contributed by atoms with Crippen LogP contribution in [0.2, 0.25) is 5.02 Å². The second kappa shape index (κ2) is 5.81. The molecule has 1 amide bonds. The summed E-state index contributed by atoms with van der Waals surface area (Å²) in [5.74, 6) is 1.69. The summed E-state index contributed by atoms with van der Waals surface area (Å²) in [6.45, 7) is 7.90. The van der Waals surface area contributed by atoms with Crippen molar-refractivity contribution in [2.45, 2.75) is 39.5 Å². The summed E-state index contributed by atoms with van der Waals surface area (Å²) in [6, 6.07) is 5.84. The van der Waals surface area contributed by atoms with Crippen LogP contribution in [0.5, 0.6) is 5.75 Å². The van der Waals surface area contributed by atoms with Crippen LogP contribution in [0.3, 0.4) is 0 Å². The minimum absolute atomic E-state index is 0.0587. The Hall–Kier alpha value is -2.01. The largest absolute Gasteiger partial charge is 0.497 e. The number of imidazole rings is 1. The van der Waals surface area contributed by atoms with E-state index in [-0.39, 0.29) is 17.2 Å². The van der Waals surface area contributed by atoms with E-state index >= 15 is 0 Å². The molecule has 1 fully saturated rings. The monoisotopic (exact) mass is 347 g/mol. The van der Waals surface area contributed by atoms with Crippen molar-refractivity contribution in [3.05, 3.63) is 40.2 Å². The van der Waals surface area contributed by atoms with E-state index in [9.17, 15) is 4.79 Å². The van der Waals surface area contributed by atoms with Gasteiger partial charge < -0.3 is 9.72 Å². The SMILES string of the molecule is COc1cc(Cl)cc([C@H]2[C@H](c3nc(NC(C)=O)[nH]c3C)C2(C)C)c1. The number of hydrogen-bond donors (Lipinski definition) is 2. The summed E-state index contributed by atoms with van der Waals surface area (Å²) in [7, 11) is 1.64. The van der Waals surface area contributed by atoms with Gasteiger partial charge >= 0.3 is 0 Å². The first kappa shape index (κ1) is 16.8. The second-order valence-electron chi connectivity index (χ2n) is 6.98. The minimum Gasteiger partial charge on any atom is -0.497 e. The number of H-pyrrole nitrogens is 1. The highest BCUT2D eigenvalue weighted by atomic mass is 35.5. The van der Waals surface area contributed by atoms with Crippen molar-refractivity contribution in [3.63, 3.8) is 0 Å². The normalized spacial score (nSPS) is 21.4. The number of ether oxygens (including phenoxy) is 1. The van der Waals surface area contributed by atoms with Gasteiger partial charge in [0.05, 0.1) is 12.8 Å². The Morgan fingerprint density at radius 3 is 2.67 bits per heavy atom. The predicted octanol–water partition coefficient (Wildman–Crippen LogP) is 4.25. The number of rotatable bonds is 4. The number of aromatic amines is 1. The Balaban J connectivity index is 1.94. The number of nitrogens with zero attached hydrogens (tertiary/aromatic N) is 1. The number of carbonyl (C=O) groups is 1. The van der Waals surface area contributed by atoms with Crippen molar-refractivity contribution in [3.8, 4) is 5.75 Å². The second-order valence-corrected chi connectivity index (χ2v) is 7.41. The summed E-state index contributed by atoms with van der Waals surface area (Å²) < 4.78 is 5.34. The van der Waals surface area contributed by atoms with Crippen LogP contribution in [0.4, 0.5) is 5.95 Å². The number of methoxy groups -OCH3 is 1. The first-order valence-electron chi connectivity index (χ1n) is 7.92. The van der Waals surface area contributed by atoms with Crippen LogP contribution in [0.25, 0.3) is 0 Å². The molecule has 2 atom stereocenters. The van der Waals surface area contributed by atoms with E-state index in [4.69, 9.17) is 16.3 Å². The summed E-state index contributed by atoms with van der Waals surface area (Å²) in [5, 5.41) is 3.38. The molecule has 3 rings (SSSR count). The summed E-state index contributed by atoms with van der Waals surface area (Å²) in [5.41, 5.74) is 3.18. The molecule has 1 aliphatic rings. The lowest BCUT2D eigenvalue weighted by Gasteiger charge is -2.07. The molecule has 1 aromatic heterocycles. The van der Waals surface area contributed by atoms with Gasteiger partial charge in [-0.1, -0.05) is 25.4 Å². The Kier molecular flexibility index (Phi) is 4.08. The smallest absolute Gasteiger partial charge is 0.223 e. The van der Waals surface area contributed by atoms with Gasteiger partial charge in [0.15, 0.2) is 0 Å². The number of halogens is 1. The van der Waals surface area contributed by atoms with Crippen molar-refractivity contribution >= 4 is 23.5 Å². The Bertz CT molecular complexity index is 798. The topological polar surface area (TPSA) is 67.0 Å². The molecule has 2 aromatic rings. The number of nitrogens with one attached hydrogen (secondary N) is 2. The number of amides is 1. The predicted molar refractivity (Wildman–Crippen MR) is 94.9 cm³/mol. The van der Waals surface area contributed by atoms with Gasteiger partial charge in [-0.25, -0.2) is 4.98 Å². The maximum absolute atomic E-state index is 11.2. The minimum atomic E-state index is -0.138. The molecule has 0 saturated heterocycles. The molecule has 0 bridgehead atoms. The van der Waals surface area contributed by atoms with Gasteiger partial charge in [-0.05, 0) is 42.0 Å². The Morgan fingerprint density at radius 1 is 1.33 bits per heavy atom. The third kappa shape index (κ3) is 2.88. The lowest BCUT2D eigenvalue weighted by molar-refractivity contribution is -0.114. The highest BCUT2D eigenvalue weighted by molar-refractivity contribution is 6.30. The van der Waals surface area contributed by atoms with Gasteiger partial charge in [0, 0.05) is 23.6 Å². The van der Waals surface area contributed by atoms with Crippen molar-refractivity contribution in [1.29, 1.82) is 0 Å². The van der Waals surface area contributed by atoms with Gasteiger partial charge in [-0.15, -0.1) is 0 Å². The van der Waals surface area contributed by atoms with Crippen LogP contribution in [0.15, 0.2) is 18.2 Å². The third-order valence-corrected chi connectivity index (χ3v) is 5.05. The number of benzene rings is 1. The molecule has 0 spiro atoms. The van der Waals surface area contributed by atoms with E-state index < -0.39 is 0 Å². The number of aromatic nitrogens is 2. The number of carbonyl (C=O) groups excluding carboxylic acids is 1. The van der Waals surface area contributed by atoms with E-state index in [1.807, 2.05) is 25.1 Å². The molecule has 0 aliphatic heterocycles. The van der Waals surface area contributed by atoms with Gasteiger partial charge in [-0.3, -0.25) is 10.1 Å². The van der Waals surface area contributed by atoms with Crippen LogP contribution in [0, 0.1) is 12.3 Å². The van der Waals surface area contributed by atoms with Gasteiger partial charge in [-0.2, -0.15) is 0 Å². The summed E-state index contributed by atoms with van der Waals surface area (Å²) >= 11 is 6.23. The standard InChI is InChI=1S/C18H22ClN3O2/c1-9-16(22-17(20-9)21-10(2)23)15-14(18(15,3)4)11-6-12(19)8-13(7-11)24-5/h6-8,14-15H,1-5H3,(H2,20,21,22,23)/t14-,15+/m0/s1. The lowest BCUT2D eigenvalue weighted by Crippen LogP contribution is -2.07. The van der Waals surface area contributed by atoms with Gasteiger partial charge in [0.25, 0.3) is 0 Å². The zero-order chi connectivity index (χ0) is 17.6. The fourth-order valence-corrected chi connectivity index (χ4v) is 3.89. The summed E-state index contributed by atoms with van der Waals surface area (Å²) in [4.78, 5) is 19.0. The summed E-state index contributed by atoms with van der Waals surface area (Å²) in [6.07, 6.45) is 0. The molecule has 2 N–H and O–H groups in total. The van der Waals surface area contributed by atoms with Crippen LogP contribution in [-0.4, -0.2) is 23.0 Å². The first-order valence-corrected chi connectivity index (χ1v) is 8.30. The molecule has 24 heavy (non-hydrogen) atoms. The van der Waals surface area contributed by atoms with E-state index in [1.165, 1.54) is 6.92 Å². The van der Waals surface area contributed by atoms with Crippen LogP contribution >= 0.6 is 11.6 Å². The zero-order valence-corrected chi connectivity index (χ0v) is 15.3. The lowest BCUT2D eigenvalue weighted by atomic mass is 10.0. The van der Waals surface area contributed by atoms with Crippen molar-refractivity contribution in [1.82, 2.24) is 9.97 Å². The molecule has 1 heterocycles. The highest BCUT2D eigenvalue weighted by Gasteiger charge is 2.60. The maximum Gasteiger partial charge on any atom is 0.223 e. The number of anilines is 1. The molecule has 0 radical (unpaired) electrons. The molecule has 5 nitrogen and oxygen atoms in total. The highest BCUT2D eigenvalue weighted by Crippen LogP contribution is 2.70. The quantitative estimate of drug-likeness (QED) is 0.869. The maximum atomic E-state index is 11.2. The van der Waals surface area contributed by atoms with E-state index in [0.717, 1.165) is 22.7 Å². The third-order valence-electron chi connectivity index (χ3n) is 4.83. The molecular formula is C18H22ClN3O2. The molecule has 0 unspecified atom stereocenters. The Morgan fingerprint density at radius 2 is 2.04 bits per heavy atom.